The van der Waals surface area contributed by atoms with Gasteiger partial charge in [-0.3, -0.25) is 4.90 Å². The molecule has 3 aromatic rings. The van der Waals surface area contributed by atoms with Crippen LogP contribution in [0.2, 0.25) is 0 Å². The maximum atomic E-state index is 6.04. The molecular formula is C28H42N4. The molecule has 0 aliphatic heterocycles. The van der Waals surface area contributed by atoms with Crippen molar-refractivity contribution in [2.75, 3.05) is 32.7 Å². The maximum absolute atomic E-state index is 6.04. The quantitative estimate of drug-likeness (QED) is 0.232. The van der Waals surface area contributed by atoms with Crippen LogP contribution in [0.1, 0.15) is 51.0 Å². The van der Waals surface area contributed by atoms with Crippen LogP contribution in [0, 0.1) is 0 Å². The summed E-state index contributed by atoms with van der Waals surface area (Å²) in [6, 6.07) is 20.2. The molecule has 5 N–H and O–H groups in total. The lowest BCUT2D eigenvalue weighted by Gasteiger charge is -2.25. The number of rotatable bonds is 15. The van der Waals surface area contributed by atoms with Crippen molar-refractivity contribution in [2.45, 2.75) is 58.0 Å². The predicted molar refractivity (Wildman–Crippen MR) is 140 cm³/mol. The van der Waals surface area contributed by atoms with Gasteiger partial charge >= 0.3 is 0 Å². The van der Waals surface area contributed by atoms with Gasteiger partial charge in [0.2, 0.25) is 0 Å². The smallest absolute Gasteiger partial charge is 0.0246 e. The Bertz CT molecular complexity index is 883. The summed E-state index contributed by atoms with van der Waals surface area (Å²) in [5, 5.41) is 8.98. The Morgan fingerprint density at radius 2 is 1.41 bits per heavy atom. The lowest BCUT2D eigenvalue weighted by atomic mass is 9.96. The molecule has 0 aliphatic rings. The molecule has 3 rings (SSSR count). The third-order valence-electron chi connectivity index (χ3n) is 6.28. The Morgan fingerprint density at radius 3 is 2.03 bits per heavy atom. The summed E-state index contributed by atoms with van der Waals surface area (Å²) < 4.78 is 0. The van der Waals surface area contributed by atoms with Crippen molar-refractivity contribution in [1.29, 1.82) is 0 Å². The van der Waals surface area contributed by atoms with E-state index in [4.69, 9.17) is 11.5 Å². The van der Waals surface area contributed by atoms with Crippen LogP contribution in [0.3, 0.4) is 0 Å². The molecule has 32 heavy (non-hydrogen) atoms. The average Bonchev–Trinajstić information content (AvgIpc) is 2.80. The van der Waals surface area contributed by atoms with Gasteiger partial charge in [-0.05, 0) is 111 Å². The first-order valence-corrected chi connectivity index (χ1v) is 12.5. The van der Waals surface area contributed by atoms with Crippen LogP contribution in [-0.2, 0) is 6.54 Å². The normalized spacial score (nSPS) is 12.8. The van der Waals surface area contributed by atoms with E-state index in [2.05, 4.69) is 71.7 Å². The minimum atomic E-state index is 0.271. The molecule has 0 saturated carbocycles. The van der Waals surface area contributed by atoms with E-state index in [0.29, 0.717) is 0 Å². The highest BCUT2D eigenvalue weighted by atomic mass is 15.1. The number of hydrogen-bond donors (Lipinski definition) is 3. The van der Waals surface area contributed by atoms with Crippen molar-refractivity contribution in [3.05, 3.63) is 60.2 Å². The van der Waals surface area contributed by atoms with Crippen molar-refractivity contribution >= 4 is 21.5 Å². The molecule has 174 valence electrons. The van der Waals surface area contributed by atoms with E-state index in [0.717, 1.165) is 58.5 Å². The van der Waals surface area contributed by atoms with E-state index in [1.54, 1.807) is 0 Å². The molecule has 0 heterocycles. The van der Waals surface area contributed by atoms with Crippen molar-refractivity contribution in [3.63, 3.8) is 0 Å². The number of unbranched alkanes of at least 4 members (excludes halogenated alkanes) is 2. The van der Waals surface area contributed by atoms with Crippen LogP contribution >= 0.6 is 0 Å². The summed E-state index contributed by atoms with van der Waals surface area (Å²) in [6.45, 7) is 8.29. The van der Waals surface area contributed by atoms with Crippen LogP contribution in [-0.4, -0.2) is 43.7 Å². The molecule has 0 radical (unpaired) electrons. The van der Waals surface area contributed by atoms with Crippen molar-refractivity contribution < 1.29 is 0 Å². The largest absolute Gasteiger partial charge is 0.330 e. The highest BCUT2D eigenvalue weighted by molar-refractivity contribution is 6.02. The monoisotopic (exact) mass is 434 g/mol. The molecule has 1 unspecified atom stereocenters. The molecule has 4 heteroatoms. The van der Waals surface area contributed by atoms with E-state index in [1.165, 1.54) is 46.4 Å². The van der Waals surface area contributed by atoms with Crippen LogP contribution in [0.5, 0.6) is 0 Å². The highest BCUT2D eigenvalue weighted by Crippen LogP contribution is 2.29. The summed E-state index contributed by atoms with van der Waals surface area (Å²) in [7, 11) is 0. The zero-order chi connectivity index (χ0) is 22.6. The number of hydrogen-bond acceptors (Lipinski definition) is 4. The van der Waals surface area contributed by atoms with Crippen LogP contribution in [0.4, 0.5) is 0 Å². The molecule has 4 nitrogen and oxygen atoms in total. The summed E-state index contributed by atoms with van der Waals surface area (Å²) >= 11 is 0. The Labute approximate surface area is 194 Å². The lowest BCUT2D eigenvalue weighted by molar-refractivity contribution is 0.254. The Balaban J connectivity index is 1.68. The van der Waals surface area contributed by atoms with Gasteiger partial charge in [-0.2, -0.15) is 0 Å². The third-order valence-corrected chi connectivity index (χ3v) is 6.28. The lowest BCUT2D eigenvalue weighted by Crippen LogP contribution is -2.28. The van der Waals surface area contributed by atoms with Gasteiger partial charge in [0.15, 0.2) is 0 Å². The number of fused-ring (bicyclic) bond motifs is 2. The fraction of sp³-hybridized carbons (Fsp3) is 0.500. The number of nitrogens with two attached hydrogens (primary N) is 2. The summed E-state index contributed by atoms with van der Waals surface area (Å²) in [6.07, 6.45) is 6.94. The Kier molecular flexibility index (Phi) is 10.4. The summed E-state index contributed by atoms with van der Waals surface area (Å²) in [5.74, 6) is 0. The fourth-order valence-corrected chi connectivity index (χ4v) is 4.51. The third kappa shape index (κ3) is 7.56. The van der Waals surface area contributed by atoms with E-state index in [-0.39, 0.29) is 6.04 Å². The summed E-state index contributed by atoms with van der Waals surface area (Å²) in [5.41, 5.74) is 13.1. The van der Waals surface area contributed by atoms with Crippen LogP contribution in [0.15, 0.2) is 54.6 Å². The zero-order valence-corrected chi connectivity index (χ0v) is 19.9. The molecular weight excluding hydrogens is 392 g/mol. The molecule has 0 bridgehead atoms. The van der Waals surface area contributed by atoms with E-state index in [1.807, 2.05) is 0 Å². The second kappa shape index (κ2) is 13.5. The molecule has 0 aromatic heterocycles. The first-order chi connectivity index (χ1) is 15.7. The molecule has 0 aliphatic carbocycles. The molecule has 0 amide bonds. The van der Waals surface area contributed by atoms with Gasteiger partial charge in [0, 0.05) is 12.6 Å². The van der Waals surface area contributed by atoms with Crippen LogP contribution < -0.4 is 16.8 Å². The molecule has 1 atom stereocenters. The van der Waals surface area contributed by atoms with E-state index < -0.39 is 0 Å². The SMILES string of the molecule is CC(N)CCCN(CCCCNCCCCN)Cc1c2ccccc2cc2ccccc12. The van der Waals surface area contributed by atoms with Gasteiger partial charge in [0.1, 0.15) is 0 Å². The maximum Gasteiger partial charge on any atom is 0.0246 e. The predicted octanol–water partition coefficient (Wildman–Crippen LogP) is 5.03. The van der Waals surface area contributed by atoms with Gasteiger partial charge in [-0.15, -0.1) is 0 Å². The molecule has 0 fully saturated rings. The highest BCUT2D eigenvalue weighted by Gasteiger charge is 2.12. The standard InChI is InChI=1S/C28H42N4/c1-23(30)11-10-20-32(19-9-8-18-31-17-7-6-16-29)22-28-26-14-4-2-12-24(26)21-25-13-3-5-15-27(25)28/h2-5,12-15,21,23,31H,6-11,16-20,22,29-30H2,1H3. The second-order valence-electron chi connectivity index (χ2n) is 9.15. The van der Waals surface area contributed by atoms with Crippen molar-refractivity contribution in [2.24, 2.45) is 11.5 Å². The van der Waals surface area contributed by atoms with Crippen molar-refractivity contribution in [1.82, 2.24) is 10.2 Å². The molecule has 0 saturated heterocycles. The van der Waals surface area contributed by atoms with Crippen molar-refractivity contribution in [3.8, 4) is 0 Å². The minimum absolute atomic E-state index is 0.271. The van der Waals surface area contributed by atoms with Gasteiger partial charge in [0.05, 0.1) is 0 Å². The Hall–Kier alpha value is -1.98. The summed E-state index contributed by atoms with van der Waals surface area (Å²) in [4.78, 5) is 2.64. The van der Waals surface area contributed by atoms with Crippen LogP contribution in [0.25, 0.3) is 21.5 Å². The van der Waals surface area contributed by atoms with Gasteiger partial charge in [-0.25, -0.2) is 0 Å². The molecule has 0 spiro atoms. The minimum Gasteiger partial charge on any atom is -0.330 e. The molecule has 3 aromatic carbocycles. The topological polar surface area (TPSA) is 67.3 Å². The first kappa shape index (κ1) is 24.7. The number of nitrogens with one attached hydrogen (secondary N) is 1. The zero-order valence-electron chi connectivity index (χ0n) is 19.9. The Morgan fingerprint density at radius 1 is 0.812 bits per heavy atom. The fourth-order valence-electron chi connectivity index (χ4n) is 4.51. The van der Waals surface area contributed by atoms with Gasteiger partial charge in [-0.1, -0.05) is 48.5 Å². The van der Waals surface area contributed by atoms with Gasteiger partial charge in [0.25, 0.3) is 0 Å². The number of nitrogens with zero attached hydrogens (tertiary/aromatic N) is 1. The second-order valence-corrected chi connectivity index (χ2v) is 9.15. The van der Waals surface area contributed by atoms with E-state index in [9.17, 15) is 0 Å². The number of benzene rings is 3. The first-order valence-electron chi connectivity index (χ1n) is 12.5. The van der Waals surface area contributed by atoms with Gasteiger partial charge < -0.3 is 16.8 Å². The van der Waals surface area contributed by atoms with E-state index >= 15 is 0 Å². The average molecular weight is 435 g/mol.